The molecule has 0 bridgehead atoms. The van der Waals surface area contributed by atoms with Crippen LogP contribution in [0.1, 0.15) is 0 Å². The normalized spacial score (nSPS) is 32.3. The molecule has 3 rings (SSSR count). The number of quaternary nitrogens is 1. The Kier molecular flexibility index (Phi) is 13.4. The van der Waals surface area contributed by atoms with Crippen LogP contribution in [-0.2, 0) is 33.3 Å². The molecule has 0 aliphatic carbocycles. The molecule has 48 heavy (non-hydrogen) atoms. The van der Waals surface area contributed by atoms with Crippen LogP contribution < -0.4 is 21.3 Å². The summed E-state index contributed by atoms with van der Waals surface area (Å²) in [4.78, 5) is 29.5. The SMILES string of the molecule is C=CC1C(OC2OC(CO)C(O)C(O)(O)C2OCNC)OC=C(C(=O)OC)C1(O)C=CC1=C(NC(N)=NC)C(C(=O)O)=C[NH+](CCO)C1. The monoisotopic (exact) mass is 686 g/mol. The van der Waals surface area contributed by atoms with Gasteiger partial charge in [-0.25, -0.2) is 9.59 Å². The molecule has 8 atom stereocenters. The van der Waals surface area contributed by atoms with Gasteiger partial charge in [0, 0.05) is 12.6 Å². The third-order valence-corrected chi connectivity index (χ3v) is 7.88. The van der Waals surface area contributed by atoms with Crippen molar-refractivity contribution in [2.24, 2.45) is 16.6 Å². The topological polar surface area (TPSA) is 289 Å². The van der Waals surface area contributed by atoms with Crippen molar-refractivity contribution in [2.45, 2.75) is 42.3 Å². The fourth-order valence-electron chi connectivity index (χ4n) is 5.35. The highest BCUT2D eigenvalue weighted by molar-refractivity contribution is 5.94. The summed E-state index contributed by atoms with van der Waals surface area (Å²) < 4.78 is 27.5. The number of ether oxygens (including phenoxy) is 5. The molecule has 0 amide bonds. The van der Waals surface area contributed by atoms with E-state index in [1.54, 1.807) is 0 Å². The Morgan fingerprint density at radius 2 is 1.98 bits per heavy atom. The van der Waals surface area contributed by atoms with Crippen LogP contribution in [0, 0.1) is 5.92 Å². The predicted molar refractivity (Wildman–Crippen MR) is 163 cm³/mol. The van der Waals surface area contributed by atoms with Crippen molar-refractivity contribution >= 4 is 17.9 Å². The molecule has 3 aliphatic heterocycles. The summed E-state index contributed by atoms with van der Waals surface area (Å²) in [6.07, 6.45) is -2.75. The van der Waals surface area contributed by atoms with Crippen molar-refractivity contribution in [3.8, 4) is 0 Å². The number of guanidine groups is 1. The third kappa shape index (κ3) is 8.10. The van der Waals surface area contributed by atoms with Crippen molar-refractivity contribution in [1.82, 2.24) is 10.6 Å². The fraction of sp³-hybridized carbons (Fsp3) is 0.552. The van der Waals surface area contributed by atoms with Crippen LogP contribution in [0.25, 0.3) is 0 Å². The number of nitrogens with zero attached hydrogens (tertiary/aromatic N) is 1. The van der Waals surface area contributed by atoms with Gasteiger partial charge in [-0.1, -0.05) is 12.2 Å². The summed E-state index contributed by atoms with van der Waals surface area (Å²) in [5, 5.41) is 78.7. The van der Waals surface area contributed by atoms with E-state index in [1.165, 1.54) is 32.4 Å². The standard InChI is InChI=1S/C29H43N5O14/c1-5-17-25(48-26-22(46-14-31-2)29(42,43)21(37)19(12-36)47-26)45-13-18(24(40)44-4)28(17,41)7-6-15-10-34(8-9-35)11-16(23(38)39)20(15)33-27(30)32-3/h5-7,11,13,17,19,21-22,25-26,31,35-37,41-43H,1,8-10,12,14H2,2-4H3,(H,38,39)(H3,30,32,33)/p+1. The molecule has 0 radical (unpaired) electrons. The molecule has 0 aromatic heterocycles. The highest BCUT2D eigenvalue weighted by Gasteiger charge is 2.58. The maximum Gasteiger partial charge on any atom is 0.343 e. The minimum absolute atomic E-state index is 0.0294. The van der Waals surface area contributed by atoms with Crippen LogP contribution in [0.3, 0.4) is 0 Å². The molecule has 3 aliphatic rings. The number of aliphatic hydroxyl groups excluding tert-OH is 3. The van der Waals surface area contributed by atoms with E-state index in [0.29, 0.717) is 4.90 Å². The molecule has 8 unspecified atom stereocenters. The second-order valence-corrected chi connectivity index (χ2v) is 10.9. The summed E-state index contributed by atoms with van der Waals surface area (Å²) in [6.45, 7) is 2.59. The highest BCUT2D eigenvalue weighted by Crippen LogP contribution is 2.40. The quantitative estimate of drug-likeness (QED) is 0.0267. The summed E-state index contributed by atoms with van der Waals surface area (Å²) >= 11 is 0. The Morgan fingerprint density at radius 3 is 2.54 bits per heavy atom. The number of nitrogens with two attached hydrogens (primary N) is 1. The number of carboxylic acids is 1. The van der Waals surface area contributed by atoms with Gasteiger partial charge < -0.3 is 75.4 Å². The molecule has 0 saturated carbocycles. The van der Waals surface area contributed by atoms with E-state index in [1.807, 2.05) is 0 Å². The van der Waals surface area contributed by atoms with E-state index in [2.05, 4.69) is 22.2 Å². The number of nitrogens with one attached hydrogen (secondary N) is 3. The minimum atomic E-state index is -2.99. The molecule has 19 nitrogen and oxygen atoms in total. The van der Waals surface area contributed by atoms with E-state index < -0.39 is 72.3 Å². The summed E-state index contributed by atoms with van der Waals surface area (Å²) in [6, 6.07) is 0. The summed E-state index contributed by atoms with van der Waals surface area (Å²) in [5.74, 6) is -6.83. The fourth-order valence-corrected chi connectivity index (χ4v) is 5.35. The van der Waals surface area contributed by atoms with Crippen LogP contribution in [0.5, 0.6) is 0 Å². The van der Waals surface area contributed by atoms with Gasteiger partial charge in [-0.3, -0.25) is 10.3 Å². The Labute approximate surface area is 275 Å². The number of hydrogen-bond donors (Lipinski definition) is 11. The van der Waals surface area contributed by atoms with Crippen LogP contribution in [-0.4, -0.2) is 150 Å². The third-order valence-electron chi connectivity index (χ3n) is 7.88. The van der Waals surface area contributed by atoms with Gasteiger partial charge >= 0.3 is 11.9 Å². The smallest absolute Gasteiger partial charge is 0.343 e. The first kappa shape index (κ1) is 38.7. The molecule has 3 heterocycles. The molecule has 0 aromatic carbocycles. The Balaban J connectivity index is 2.12. The number of methoxy groups -OCH3 is 1. The van der Waals surface area contributed by atoms with Gasteiger partial charge in [-0.15, -0.1) is 6.58 Å². The van der Waals surface area contributed by atoms with Crippen molar-refractivity contribution in [3.05, 3.63) is 59.7 Å². The molecular formula is C29H44N5O14+. The van der Waals surface area contributed by atoms with Crippen molar-refractivity contribution < 1.29 is 73.9 Å². The first-order valence-electron chi connectivity index (χ1n) is 14.7. The Hall–Kier alpha value is -3.73. The minimum Gasteiger partial charge on any atom is -0.477 e. The lowest BCUT2D eigenvalue weighted by Crippen LogP contribution is -3.09. The van der Waals surface area contributed by atoms with Gasteiger partial charge in [0.25, 0.3) is 0 Å². The molecule has 0 spiro atoms. The average molecular weight is 687 g/mol. The maximum absolute atomic E-state index is 12.9. The van der Waals surface area contributed by atoms with Crippen molar-refractivity contribution in [3.63, 3.8) is 0 Å². The largest absolute Gasteiger partial charge is 0.477 e. The maximum atomic E-state index is 12.9. The second kappa shape index (κ2) is 16.6. The zero-order chi connectivity index (χ0) is 35.8. The van der Waals surface area contributed by atoms with Crippen LogP contribution >= 0.6 is 0 Å². The van der Waals surface area contributed by atoms with Crippen LogP contribution in [0.2, 0.25) is 0 Å². The molecule has 268 valence electrons. The molecular weight excluding hydrogens is 642 g/mol. The average Bonchev–Trinajstić information content (AvgIpc) is 3.05. The number of rotatable bonds is 14. The number of hydrogen-bond acceptors (Lipinski definition) is 15. The van der Waals surface area contributed by atoms with E-state index in [0.717, 1.165) is 19.4 Å². The van der Waals surface area contributed by atoms with Gasteiger partial charge in [0.05, 0.1) is 38.7 Å². The summed E-state index contributed by atoms with van der Waals surface area (Å²) in [7, 11) is 3.95. The number of esters is 1. The lowest BCUT2D eigenvalue weighted by Gasteiger charge is -2.48. The van der Waals surface area contributed by atoms with Gasteiger partial charge in [0.2, 0.25) is 12.1 Å². The molecule has 19 heteroatoms. The van der Waals surface area contributed by atoms with Crippen LogP contribution in [0.15, 0.2) is 64.7 Å². The number of carbonyl (C=O) groups excluding carboxylic acids is 1. The van der Waals surface area contributed by atoms with Gasteiger partial charge in [0.1, 0.15) is 54.5 Å². The van der Waals surface area contributed by atoms with E-state index in [-0.39, 0.29) is 49.2 Å². The zero-order valence-corrected chi connectivity index (χ0v) is 26.6. The Bertz CT molecular complexity index is 1350. The lowest BCUT2D eigenvalue weighted by atomic mass is 9.78. The number of aliphatic hydroxyl groups is 6. The lowest BCUT2D eigenvalue weighted by molar-refractivity contribution is -0.843. The molecule has 12 N–H and O–H groups in total. The van der Waals surface area contributed by atoms with Crippen molar-refractivity contribution in [1.29, 1.82) is 0 Å². The number of aliphatic carboxylic acids is 1. The van der Waals surface area contributed by atoms with E-state index in [4.69, 9.17) is 29.4 Å². The molecule has 1 fully saturated rings. The van der Waals surface area contributed by atoms with Crippen LogP contribution in [0.4, 0.5) is 0 Å². The number of aliphatic imine (C=N–C) groups is 1. The second-order valence-electron chi connectivity index (χ2n) is 10.9. The summed E-state index contributed by atoms with van der Waals surface area (Å²) in [5.41, 5.74) is 3.19. The molecule has 1 saturated heterocycles. The van der Waals surface area contributed by atoms with Crippen molar-refractivity contribution in [2.75, 3.05) is 54.2 Å². The van der Waals surface area contributed by atoms with E-state index in [9.17, 15) is 45.3 Å². The number of carboxylic acid groups (broad SMARTS) is 1. The first-order valence-corrected chi connectivity index (χ1v) is 14.7. The van der Waals surface area contributed by atoms with Gasteiger partial charge in [-0.05, 0) is 13.1 Å². The van der Waals surface area contributed by atoms with Gasteiger partial charge in [-0.2, -0.15) is 0 Å². The highest BCUT2D eigenvalue weighted by atomic mass is 16.8. The van der Waals surface area contributed by atoms with Gasteiger partial charge in [0.15, 0.2) is 18.4 Å². The first-order chi connectivity index (χ1) is 22.7. The number of carbonyl (C=O) groups is 2. The predicted octanol–water partition coefficient (Wildman–Crippen LogP) is -5.53. The van der Waals surface area contributed by atoms with E-state index >= 15 is 0 Å². The zero-order valence-electron chi connectivity index (χ0n) is 26.6. The molecule has 0 aromatic rings. The Morgan fingerprint density at radius 1 is 1.27 bits per heavy atom.